The van der Waals surface area contributed by atoms with E-state index in [-0.39, 0.29) is 17.0 Å². The minimum atomic E-state index is -4.55. The van der Waals surface area contributed by atoms with Gasteiger partial charge in [-0.1, -0.05) is 18.2 Å². The molecule has 3 aromatic rings. The van der Waals surface area contributed by atoms with Crippen molar-refractivity contribution in [3.8, 4) is 0 Å². The maximum atomic E-state index is 13.5. The average molecular weight is 454 g/mol. The first-order valence-corrected chi connectivity index (χ1v) is 9.97. The van der Waals surface area contributed by atoms with E-state index in [1.807, 2.05) is 26.0 Å². The molecule has 4 rings (SSSR count). The van der Waals surface area contributed by atoms with Crippen LogP contribution in [0.25, 0.3) is 5.57 Å². The number of nitrogens with zero attached hydrogens (tertiary/aromatic N) is 1. The molecule has 8 heteroatoms. The minimum Gasteiger partial charge on any atom is -0.350 e. The molecular formula is C25H18F4N2O2. The van der Waals surface area contributed by atoms with Gasteiger partial charge in [-0.3, -0.25) is 9.59 Å². The van der Waals surface area contributed by atoms with Crippen LogP contribution in [0.1, 0.15) is 22.3 Å². The first kappa shape index (κ1) is 22.3. The van der Waals surface area contributed by atoms with Crippen LogP contribution < -0.4 is 10.2 Å². The standard InChI is InChI=1S/C25H18F4N2O2/c1-14-3-10-19(13-15(14)2)30-22-21(16-4-8-18(26)9-5-16)23(32)31(24(22)33)20-11-6-17(7-12-20)25(27,28)29/h3-13,30H,1-2H3. The molecule has 0 aliphatic carbocycles. The van der Waals surface area contributed by atoms with E-state index in [1.54, 1.807) is 6.07 Å². The van der Waals surface area contributed by atoms with Gasteiger partial charge in [0.25, 0.3) is 11.8 Å². The van der Waals surface area contributed by atoms with Gasteiger partial charge in [0.2, 0.25) is 0 Å². The lowest BCUT2D eigenvalue weighted by molar-refractivity contribution is -0.137. The largest absolute Gasteiger partial charge is 0.416 e. The summed E-state index contributed by atoms with van der Waals surface area (Å²) < 4.78 is 52.3. The van der Waals surface area contributed by atoms with Gasteiger partial charge >= 0.3 is 6.18 Å². The molecule has 0 radical (unpaired) electrons. The summed E-state index contributed by atoms with van der Waals surface area (Å²) in [5.74, 6) is -1.96. The smallest absolute Gasteiger partial charge is 0.350 e. The van der Waals surface area contributed by atoms with Crippen molar-refractivity contribution >= 4 is 28.8 Å². The summed E-state index contributed by atoms with van der Waals surface area (Å²) in [6.45, 7) is 3.82. The van der Waals surface area contributed by atoms with Crippen LogP contribution in [0.3, 0.4) is 0 Å². The molecule has 2 amide bonds. The lowest BCUT2D eigenvalue weighted by Gasteiger charge is -2.16. The number of rotatable bonds is 4. The molecule has 0 saturated carbocycles. The quantitative estimate of drug-likeness (QED) is 0.397. The molecule has 0 unspecified atom stereocenters. The molecule has 0 atom stereocenters. The normalized spacial score (nSPS) is 14.3. The highest BCUT2D eigenvalue weighted by Gasteiger charge is 2.40. The van der Waals surface area contributed by atoms with Gasteiger partial charge in [0.1, 0.15) is 11.5 Å². The number of halogens is 4. The SMILES string of the molecule is Cc1ccc(NC2=C(c3ccc(F)cc3)C(=O)N(c3ccc(C(F)(F)F)cc3)C2=O)cc1C. The van der Waals surface area contributed by atoms with Crippen molar-refractivity contribution in [2.45, 2.75) is 20.0 Å². The molecule has 1 N–H and O–H groups in total. The molecule has 0 fully saturated rings. The van der Waals surface area contributed by atoms with Crippen LogP contribution in [0.2, 0.25) is 0 Å². The van der Waals surface area contributed by atoms with E-state index in [1.165, 1.54) is 12.1 Å². The van der Waals surface area contributed by atoms with E-state index >= 15 is 0 Å². The molecule has 1 aliphatic rings. The van der Waals surface area contributed by atoms with E-state index in [9.17, 15) is 27.2 Å². The molecule has 0 saturated heterocycles. The van der Waals surface area contributed by atoms with Gasteiger partial charge in [-0.2, -0.15) is 13.2 Å². The summed E-state index contributed by atoms with van der Waals surface area (Å²) in [5, 5.41) is 2.98. The van der Waals surface area contributed by atoms with Crippen molar-refractivity contribution < 1.29 is 27.2 Å². The Morgan fingerprint density at radius 3 is 2.00 bits per heavy atom. The Balaban J connectivity index is 1.78. The Morgan fingerprint density at radius 2 is 1.42 bits per heavy atom. The van der Waals surface area contributed by atoms with Crippen LogP contribution in [0.4, 0.5) is 28.9 Å². The number of benzene rings is 3. The number of alkyl halides is 3. The highest BCUT2D eigenvalue weighted by atomic mass is 19.4. The van der Waals surface area contributed by atoms with Crippen LogP contribution in [0, 0.1) is 19.7 Å². The van der Waals surface area contributed by atoms with Crippen molar-refractivity contribution in [1.82, 2.24) is 0 Å². The Hall–Kier alpha value is -3.94. The number of hydrogen-bond donors (Lipinski definition) is 1. The van der Waals surface area contributed by atoms with Gasteiger partial charge in [-0.15, -0.1) is 0 Å². The number of anilines is 2. The number of carbonyl (C=O) groups is 2. The molecule has 168 valence electrons. The van der Waals surface area contributed by atoms with Gasteiger partial charge < -0.3 is 5.32 Å². The Kier molecular flexibility index (Phi) is 5.53. The molecule has 0 bridgehead atoms. The van der Waals surface area contributed by atoms with E-state index < -0.39 is 29.4 Å². The lowest BCUT2D eigenvalue weighted by atomic mass is 10.0. The van der Waals surface area contributed by atoms with Gasteiger partial charge in [-0.25, -0.2) is 9.29 Å². The van der Waals surface area contributed by atoms with Crippen molar-refractivity contribution in [2.75, 3.05) is 10.2 Å². The maximum absolute atomic E-state index is 13.5. The second-order valence-corrected chi connectivity index (χ2v) is 7.67. The number of nitrogens with one attached hydrogen (secondary N) is 1. The molecule has 0 spiro atoms. The van der Waals surface area contributed by atoms with Gasteiger partial charge in [0, 0.05) is 5.69 Å². The zero-order valence-corrected chi connectivity index (χ0v) is 17.6. The number of carbonyl (C=O) groups excluding carboxylic acids is 2. The van der Waals surface area contributed by atoms with Crippen LogP contribution in [0.5, 0.6) is 0 Å². The van der Waals surface area contributed by atoms with Crippen molar-refractivity contribution in [3.05, 3.63) is 100 Å². The van der Waals surface area contributed by atoms with Crippen LogP contribution >= 0.6 is 0 Å². The third-order valence-electron chi connectivity index (χ3n) is 5.45. The molecular weight excluding hydrogens is 436 g/mol. The predicted octanol–water partition coefficient (Wildman–Crippen LogP) is 5.86. The fraction of sp³-hybridized carbons (Fsp3) is 0.120. The topological polar surface area (TPSA) is 49.4 Å². The van der Waals surface area contributed by atoms with Crippen LogP contribution in [-0.4, -0.2) is 11.8 Å². The summed E-state index contributed by atoms with van der Waals surface area (Å²) in [7, 11) is 0. The van der Waals surface area contributed by atoms with E-state index in [2.05, 4.69) is 5.32 Å². The predicted molar refractivity (Wildman–Crippen MR) is 117 cm³/mol. The van der Waals surface area contributed by atoms with Crippen molar-refractivity contribution in [1.29, 1.82) is 0 Å². The summed E-state index contributed by atoms with van der Waals surface area (Å²) in [4.78, 5) is 27.4. The highest BCUT2D eigenvalue weighted by molar-refractivity contribution is 6.46. The van der Waals surface area contributed by atoms with Crippen LogP contribution in [-0.2, 0) is 15.8 Å². The summed E-state index contributed by atoms with van der Waals surface area (Å²) in [6, 6.07) is 14.2. The Bertz CT molecular complexity index is 1280. The Labute approximate surface area is 187 Å². The first-order valence-electron chi connectivity index (χ1n) is 9.97. The fourth-order valence-electron chi connectivity index (χ4n) is 3.53. The number of amides is 2. The molecule has 0 aromatic heterocycles. The van der Waals surface area contributed by atoms with Gasteiger partial charge in [0.15, 0.2) is 0 Å². The minimum absolute atomic E-state index is 0.00174. The van der Waals surface area contributed by atoms with E-state index in [4.69, 9.17) is 0 Å². The zero-order valence-electron chi connectivity index (χ0n) is 17.6. The summed E-state index contributed by atoms with van der Waals surface area (Å²) in [5.41, 5.74) is 1.90. The second-order valence-electron chi connectivity index (χ2n) is 7.67. The highest BCUT2D eigenvalue weighted by Crippen LogP contribution is 2.36. The van der Waals surface area contributed by atoms with Crippen LogP contribution in [0.15, 0.2) is 72.4 Å². The molecule has 33 heavy (non-hydrogen) atoms. The van der Waals surface area contributed by atoms with Gasteiger partial charge in [0.05, 0.1) is 16.8 Å². The fourth-order valence-corrected chi connectivity index (χ4v) is 3.53. The lowest BCUT2D eigenvalue weighted by Crippen LogP contribution is -2.32. The Morgan fingerprint density at radius 1 is 0.788 bits per heavy atom. The number of hydrogen-bond acceptors (Lipinski definition) is 3. The third kappa shape index (κ3) is 4.24. The summed E-state index contributed by atoms with van der Waals surface area (Å²) >= 11 is 0. The zero-order chi connectivity index (χ0) is 23.9. The number of imide groups is 1. The third-order valence-corrected chi connectivity index (χ3v) is 5.45. The molecule has 4 nitrogen and oxygen atoms in total. The second kappa shape index (κ2) is 8.20. The molecule has 1 heterocycles. The van der Waals surface area contributed by atoms with Crippen molar-refractivity contribution in [3.63, 3.8) is 0 Å². The van der Waals surface area contributed by atoms with Gasteiger partial charge in [-0.05, 0) is 79.1 Å². The summed E-state index contributed by atoms with van der Waals surface area (Å²) in [6.07, 6.45) is -4.55. The number of aryl methyl sites for hydroxylation is 2. The monoisotopic (exact) mass is 454 g/mol. The molecule has 3 aromatic carbocycles. The van der Waals surface area contributed by atoms with Crippen molar-refractivity contribution in [2.24, 2.45) is 0 Å². The maximum Gasteiger partial charge on any atom is 0.416 e. The average Bonchev–Trinajstić information content (AvgIpc) is 3.00. The molecule has 1 aliphatic heterocycles. The van der Waals surface area contributed by atoms with E-state index in [0.717, 1.165) is 52.4 Å². The first-order chi connectivity index (χ1) is 15.6. The van der Waals surface area contributed by atoms with E-state index in [0.29, 0.717) is 11.3 Å².